The Labute approximate surface area is 201 Å². The van der Waals surface area contributed by atoms with Gasteiger partial charge >= 0.3 is 20.9 Å². The van der Waals surface area contributed by atoms with Gasteiger partial charge in [-0.1, -0.05) is 32.1 Å². The van der Waals surface area contributed by atoms with Crippen LogP contribution < -0.4 is 0 Å². The van der Waals surface area contributed by atoms with E-state index >= 15 is 0 Å². The molecule has 10 heteroatoms. The van der Waals surface area contributed by atoms with Crippen molar-refractivity contribution < 1.29 is 36.3 Å². The summed E-state index contributed by atoms with van der Waals surface area (Å²) in [6.07, 6.45) is 12.5. The standard InChI is InChI=1S/C23H40O8SSi/c1-18(32(26)30-20-12-6-3-7-13-20)28-22(24)16-10-5-11-17-23(25)29-19(2)33(27)31-21-14-8-4-9-15-21/h18-21H,3-17H2,1-2H3. The molecule has 0 bridgehead atoms. The van der Waals surface area contributed by atoms with Gasteiger partial charge in [-0.3, -0.25) is 13.8 Å². The summed E-state index contributed by atoms with van der Waals surface area (Å²) in [5.74, 6) is -0.822. The molecule has 33 heavy (non-hydrogen) atoms. The second-order valence-corrected chi connectivity index (χ2v) is 12.1. The summed E-state index contributed by atoms with van der Waals surface area (Å²) in [5, 5.41) is 0. The molecule has 0 aliphatic heterocycles. The van der Waals surface area contributed by atoms with Crippen LogP contribution in [0.4, 0.5) is 0 Å². The van der Waals surface area contributed by atoms with Gasteiger partial charge < -0.3 is 18.4 Å². The highest BCUT2D eigenvalue weighted by molar-refractivity contribution is 7.80. The molecule has 3 atom stereocenters. The molecule has 2 fully saturated rings. The van der Waals surface area contributed by atoms with Crippen LogP contribution in [0.15, 0.2) is 0 Å². The minimum atomic E-state index is -2.42. The molecular formula is C23H40O8SSi. The molecule has 8 nitrogen and oxygen atoms in total. The monoisotopic (exact) mass is 504 g/mol. The van der Waals surface area contributed by atoms with E-state index in [2.05, 4.69) is 0 Å². The van der Waals surface area contributed by atoms with Crippen molar-refractivity contribution in [2.45, 2.75) is 134 Å². The molecule has 0 aromatic carbocycles. The topological polar surface area (TPSA) is 105 Å². The number of hydrogen-bond donors (Lipinski definition) is 0. The van der Waals surface area contributed by atoms with E-state index in [1.165, 1.54) is 12.8 Å². The quantitative estimate of drug-likeness (QED) is 0.192. The summed E-state index contributed by atoms with van der Waals surface area (Å²) < 4.78 is 46.0. The van der Waals surface area contributed by atoms with Crippen LogP contribution in [0.25, 0.3) is 0 Å². The molecule has 2 aliphatic rings. The Bertz CT molecular complexity index is 592. The third kappa shape index (κ3) is 11.7. The van der Waals surface area contributed by atoms with Gasteiger partial charge in [0.1, 0.15) is 0 Å². The summed E-state index contributed by atoms with van der Waals surface area (Å²) in [6, 6.07) is 0. The molecule has 0 N–H and O–H groups in total. The number of carbonyl (C=O) groups excluding carboxylic acids is 2. The maximum atomic E-state index is 12.2. The fraction of sp³-hybridized carbons (Fsp3) is 0.913. The zero-order valence-electron chi connectivity index (χ0n) is 20.1. The van der Waals surface area contributed by atoms with Crippen LogP contribution in [0.3, 0.4) is 0 Å². The molecule has 2 rings (SSSR count). The number of unbranched alkanes of at least 4 members (excludes halogenated alkanes) is 2. The fourth-order valence-electron chi connectivity index (χ4n) is 4.12. The van der Waals surface area contributed by atoms with E-state index in [-0.39, 0.29) is 25.0 Å². The highest BCUT2D eigenvalue weighted by atomic mass is 32.2. The van der Waals surface area contributed by atoms with Crippen molar-refractivity contribution in [3.63, 3.8) is 0 Å². The highest BCUT2D eigenvalue weighted by Crippen LogP contribution is 2.22. The van der Waals surface area contributed by atoms with E-state index in [1.807, 2.05) is 0 Å². The zero-order chi connectivity index (χ0) is 24.1. The first kappa shape index (κ1) is 28.1. The minimum Gasteiger partial charge on any atom is -0.520 e. The van der Waals surface area contributed by atoms with E-state index in [0.29, 0.717) is 19.3 Å². The Kier molecular flexibility index (Phi) is 13.4. The Morgan fingerprint density at radius 3 is 1.91 bits per heavy atom. The highest BCUT2D eigenvalue weighted by Gasteiger charge is 2.27. The largest absolute Gasteiger partial charge is 0.546 e. The lowest BCUT2D eigenvalue weighted by Crippen LogP contribution is -2.33. The van der Waals surface area contributed by atoms with Crippen LogP contribution >= 0.6 is 0 Å². The summed E-state index contributed by atoms with van der Waals surface area (Å²) in [5.41, 5.74) is -1.52. The summed E-state index contributed by atoms with van der Waals surface area (Å²) >= 11 is -1.65. The number of rotatable bonds is 14. The number of hydrogen-bond acceptors (Lipinski definition) is 8. The second kappa shape index (κ2) is 15.7. The molecule has 0 spiro atoms. The second-order valence-electron chi connectivity index (χ2n) is 9.06. The molecule has 2 saturated carbocycles. The minimum absolute atomic E-state index is 0.0131. The first-order valence-corrected chi connectivity index (χ1v) is 15.1. The molecule has 0 radical (unpaired) electrons. The van der Waals surface area contributed by atoms with E-state index in [4.69, 9.17) is 18.1 Å². The molecule has 2 aliphatic carbocycles. The van der Waals surface area contributed by atoms with Gasteiger partial charge in [0.05, 0.1) is 12.2 Å². The van der Waals surface area contributed by atoms with Gasteiger partial charge in [0.15, 0.2) is 22.2 Å². The number of carbonyl (C=O) groups is 2. The van der Waals surface area contributed by atoms with E-state index < -0.39 is 43.1 Å². The predicted molar refractivity (Wildman–Crippen MR) is 125 cm³/mol. The molecule has 0 heterocycles. The molecule has 0 aromatic heterocycles. The van der Waals surface area contributed by atoms with Crippen LogP contribution in [0.1, 0.15) is 110 Å². The number of esters is 2. The molecule has 0 saturated heterocycles. The van der Waals surface area contributed by atoms with Gasteiger partial charge in [0, 0.05) is 12.8 Å². The Balaban J connectivity index is 1.51. The molecule has 0 aromatic rings. The van der Waals surface area contributed by atoms with Crippen LogP contribution in [0.5, 0.6) is 0 Å². The van der Waals surface area contributed by atoms with Gasteiger partial charge in [-0.15, -0.1) is 0 Å². The maximum Gasteiger partial charge on any atom is 0.546 e. The van der Waals surface area contributed by atoms with Gasteiger partial charge in [0.25, 0.3) is 0 Å². The van der Waals surface area contributed by atoms with E-state index in [1.54, 1.807) is 13.8 Å². The number of ether oxygens (including phenoxy) is 2. The SMILES string of the molecule is CC(OC(=O)CCCCCC(=O)OC(C)S(=O)OC1CCCCC1)[Si](=O)OC1CCCCC1. The van der Waals surface area contributed by atoms with Crippen molar-refractivity contribution in [1.82, 2.24) is 0 Å². The van der Waals surface area contributed by atoms with Crippen LogP contribution in [0, 0.1) is 0 Å². The fourth-order valence-corrected chi connectivity index (χ4v) is 5.91. The lowest BCUT2D eigenvalue weighted by molar-refractivity contribution is -0.146. The molecule has 0 amide bonds. The van der Waals surface area contributed by atoms with Crippen LogP contribution in [-0.2, 0) is 43.2 Å². The lowest BCUT2D eigenvalue weighted by Gasteiger charge is -2.23. The van der Waals surface area contributed by atoms with Gasteiger partial charge in [-0.05, 0) is 65.2 Å². The van der Waals surface area contributed by atoms with Crippen molar-refractivity contribution in [1.29, 1.82) is 0 Å². The predicted octanol–water partition coefficient (Wildman–Crippen LogP) is 4.58. The Morgan fingerprint density at radius 2 is 1.33 bits per heavy atom. The summed E-state index contributed by atoms with van der Waals surface area (Å²) in [7, 11) is -2.42. The summed E-state index contributed by atoms with van der Waals surface area (Å²) in [4.78, 5) is 24.0. The van der Waals surface area contributed by atoms with E-state index in [0.717, 1.165) is 51.4 Å². The summed E-state index contributed by atoms with van der Waals surface area (Å²) in [6.45, 7) is 3.19. The van der Waals surface area contributed by atoms with Gasteiger partial charge in [-0.2, -0.15) is 0 Å². The van der Waals surface area contributed by atoms with Crippen LogP contribution in [0.2, 0.25) is 0 Å². The van der Waals surface area contributed by atoms with Crippen LogP contribution in [-0.4, -0.2) is 48.4 Å². The Hall–Kier alpha value is -1.13. The smallest absolute Gasteiger partial charge is 0.520 e. The molecule has 190 valence electrons. The first-order chi connectivity index (χ1) is 15.8. The van der Waals surface area contributed by atoms with Crippen molar-refractivity contribution in [2.24, 2.45) is 0 Å². The Morgan fingerprint density at radius 1 is 0.818 bits per heavy atom. The van der Waals surface area contributed by atoms with Crippen molar-refractivity contribution in [3.8, 4) is 0 Å². The van der Waals surface area contributed by atoms with Crippen molar-refractivity contribution in [3.05, 3.63) is 0 Å². The lowest BCUT2D eigenvalue weighted by atomic mass is 9.98. The van der Waals surface area contributed by atoms with E-state index in [9.17, 15) is 18.3 Å². The average Bonchev–Trinajstić information content (AvgIpc) is 2.80. The normalized spacial score (nSPS) is 20.4. The van der Waals surface area contributed by atoms with Gasteiger partial charge in [-0.25, -0.2) is 4.21 Å². The maximum absolute atomic E-state index is 12.2. The third-order valence-corrected chi connectivity index (χ3v) is 8.54. The molecule has 3 unspecified atom stereocenters. The first-order valence-electron chi connectivity index (χ1n) is 12.5. The zero-order valence-corrected chi connectivity index (χ0v) is 21.9. The average molecular weight is 505 g/mol. The van der Waals surface area contributed by atoms with Crippen molar-refractivity contribution in [2.75, 3.05) is 0 Å². The van der Waals surface area contributed by atoms with Gasteiger partial charge in [0.2, 0.25) is 0 Å². The third-order valence-electron chi connectivity index (χ3n) is 6.09. The van der Waals surface area contributed by atoms with Crippen molar-refractivity contribution >= 4 is 31.9 Å². The molecular weight excluding hydrogens is 464 g/mol.